The molecule has 0 radical (unpaired) electrons. The number of hydrogen-bond donors (Lipinski definition) is 3. The van der Waals surface area contributed by atoms with E-state index in [-0.39, 0.29) is 5.91 Å². The maximum Gasteiger partial charge on any atom is 0.221 e. The largest absolute Gasteiger partial charge is 0.492 e. The molecule has 6 nitrogen and oxygen atoms in total. The summed E-state index contributed by atoms with van der Waals surface area (Å²) in [6.45, 7) is 5.46. The van der Waals surface area contributed by atoms with E-state index in [9.17, 15) is 4.79 Å². The van der Waals surface area contributed by atoms with Gasteiger partial charge in [0.2, 0.25) is 5.91 Å². The van der Waals surface area contributed by atoms with Crippen molar-refractivity contribution in [3.8, 4) is 5.75 Å². The van der Waals surface area contributed by atoms with Gasteiger partial charge in [-0.05, 0) is 29.7 Å². The van der Waals surface area contributed by atoms with Gasteiger partial charge in [-0.2, -0.15) is 0 Å². The van der Waals surface area contributed by atoms with Gasteiger partial charge in [0, 0.05) is 32.3 Å². The average Bonchev–Trinajstić information content (AvgIpc) is 2.67. The van der Waals surface area contributed by atoms with E-state index in [4.69, 9.17) is 4.74 Å². The van der Waals surface area contributed by atoms with Crippen LogP contribution in [0.1, 0.15) is 25.0 Å². The first-order valence-corrected chi connectivity index (χ1v) is 9.14. The first kappa shape index (κ1) is 20.3. The van der Waals surface area contributed by atoms with Crippen LogP contribution in [0.2, 0.25) is 0 Å². The van der Waals surface area contributed by atoms with Crippen LogP contribution in [0.15, 0.2) is 53.5 Å². The van der Waals surface area contributed by atoms with Crippen LogP contribution in [0.25, 0.3) is 0 Å². The number of ether oxygens (including phenoxy) is 1. The van der Waals surface area contributed by atoms with E-state index in [1.54, 1.807) is 13.1 Å². The monoisotopic (exact) mass is 368 g/mol. The maximum atomic E-state index is 11.1. The number of carbonyl (C=O) groups excluding carboxylic acids is 1. The van der Waals surface area contributed by atoms with Gasteiger partial charge < -0.3 is 20.7 Å². The summed E-state index contributed by atoms with van der Waals surface area (Å²) in [6.07, 6.45) is 1.01. The Labute approximate surface area is 161 Å². The van der Waals surface area contributed by atoms with Gasteiger partial charge in [0.25, 0.3) is 0 Å². The van der Waals surface area contributed by atoms with Gasteiger partial charge in [0.1, 0.15) is 12.4 Å². The smallest absolute Gasteiger partial charge is 0.221 e. The number of anilines is 1. The molecule has 0 unspecified atom stereocenters. The van der Waals surface area contributed by atoms with Gasteiger partial charge in [0.15, 0.2) is 5.96 Å². The van der Waals surface area contributed by atoms with Crippen LogP contribution >= 0.6 is 0 Å². The number of nitrogens with zero attached hydrogens (tertiary/aromatic N) is 1. The van der Waals surface area contributed by atoms with Gasteiger partial charge in [0.05, 0.1) is 6.54 Å². The van der Waals surface area contributed by atoms with Crippen molar-refractivity contribution in [2.45, 2.75) is 26.8 Å². The van der Waals surface area contributed by atoms with Crippen molar-refractivity contribution in [2.75, 3.05) is 25.5 Å². The van der Waals surface area contributed by atoms with E-state index in [1.807, 2.05) is 18.2 Å². The topological polar surface area (TPSA) is 74.8 Å². The first-order chi connectivity index (χ1) is 13.1. The molecule has 0 atom stereocenters. The van der Waals surface area contributed by atoms with Crippen LogP contribution in [0.3, 0.4) is 0 Å². The van der Waals surface area contributed by atoms with E-state index in [0.717, 1.165) is 24.6 Å². The second-order valence-corrected chi connectivity index (χ2v) is 6.03. The Bertz CT molecular complexity index is 774. The lowest BCUT2D eigenvalue weighted by Gasteiger charge is -2.14. The van der Waals surface area contributed by atoms with Gasteiger partial charge in [-0.15, -0.1) is 0 Å². The molecule has 0 saturated heterocycles. The zero-order chi connectivity index (χ0) is 19.5. The lowest BCUT2D eigenvalue weighted by atomic mass is 10.1. The molecule has 2 rings (SSSR count). The highest BCUT2D eigenvalue weighted by molar-refractivity contribution is 5.88. The van der Waals surface area contributed by atoms with Crippen LogP contribution in [0.5, 0.6) is 5.75 Å². The molecule has 0 aliphatic heterocycles. The molecule has 0 aromatic heterocycles. The molecule has 1 amide bonds. The number of guanidine groups is 1. The number of aliphatic imine (C=N–C) groups is 1. The van der Waals surface area contributed by atoms with E-state index >= 15 is 0 Å². The van der Waals surface area contributed by atoms with Crippen LogP contribution in [0.4, 0.5) is 5.69 Å². The summed E-state index contributed by atoms with van der Waals surface area (Å²) in [5.41, 5.74) is 3.33. The summed E-state index contributed by atoms with van der Waals surface area (Å²) in [5.74, 6) is 1.34. The maximum absolute atomic E-state index is 11.1. The molecule has 6 heteroatoms. The lowest BCUT2D eigenvalue weighted by molar-refractivity contribution is -0.114. The van der Waals surface area contributed by atoms with Gasteiger partial charge in [-0.25, -0.2) is 0 Å². The zero-order valence-electron chi connectivity index (χ0n) is 16.2. The number of carbonyl (C=O) groups is 1. The minimum atomic E-state index is -0.103. The molecule has 2 aromatic carbocycles. The number of aryl methyl sites for hydroxylation is 1. The van der Waals surface area contributed by atoms with E-state index in [0.29, 0.717) is 18.9 Å². The molecule has 0 heterocycles. The van der Waals surface area contributed by atoms with Gasteiger partial charge >= 0.3 is 0 Å². The van der Waals surface area contributed by atoms with Crippen molar-refractivity contribution in [1.29, 1.82) is 0 Å². The molecular weight excluding hydrogens is 340 g/mol. The highest BCUT2D eigenvalue weighted by Crippen LogP contribution is 2.17. The number of nitrogens with one attached hydrogen (secondary N) is 3. The molecule has 3 N–H and O–H groups in total. The minimum absolute atomic E-state index is 0.103. The summed E-state index contributed by atoms with van der Waals surface area (Å²) in [7, 11) is 1.75. The molecule has 0 bridgehead atoms. The SMILES string of the molecule is CCc1ccccc1CNC(=NC)NCCOc1cccc(NC(C)=O)c1. The predicted octanol–water partition coefficient (Wildman–Crippen LogP) is 2.95. The Morgan fingerprint density at radius 1 is 1.07 bits per heavy atom. The Morgan fingerprint density at radius 2 is 1.85 bits per heavy atom. The van der Waals surface area contributed by atoms with Crippen LogP contribution in [0, 0.1) is 0 Å². The normalized spacial score (nSPS) is 11.0. The highest BCUT2D eigenvalue weighted by atomic mass is 16.5. The summed E-state index contributed by atoms with van der Waals surface area (Å²) in [5, 5.41) is 9.30. The number of hydrogen-bond acceptors (Lipinski definition) is 3. The quantitative estimate of drug-likeness (QED) is 0.380. The third kappa shape index (κ3) is 7.01. The minimum Gasteiger partial charge on any atom is -0.492 e. The third-order valence-corrected chi connectivity index (χ3v) is 3.99. The fraction of sp³-hybridized carbons (Fsp3) is 0.333. The zero-order valence-corrected chi connectivity index (χ0v) is 16.2. The lowest BCUT2D eigenvalue weighted by Crippen LogP contribution is -2.39. The number of rotatable bonds is 8. The molecule has 0 aliphatic carbocycles. The van der Waals surface area contributed by atoms with E-state index in [2.05, 4.69) is 52.1 Å². The molecule has 0 aliphatic rings. The van der Waals surface area contributed by atoms with Crippen LogP contribution in [-0.4, -0.2) is 32.1 Å². The number of amides is 1. The number of benzene rings is 2. The Kier molecular flexibility index (Phi) is 8.16. The Morgan fingerprint density at radius 3 is 2.56 bits per heavy atom. The highest BCUT2D eigenvalue weighted by Gasteiger charge is 2.03. The molecule has 0 fully saturated rings. The molecular formula is C21H28N4O2. The van der Waals surface area contributed by atoms with Gasteiger partial charge in [-0.1, -0.05) is 37.3 Å². The fourth-order valence-electron chi connectivity index (χ4n) is 2.68. The molecule has 0 saturated carbocycles. The molecule has 0 spiro atoms. The van der Waals surface area contributed by atoms with Crippen molar-refractivity contribution in [3.05, 3.63) is 59.7 Å². The predicted molar refractivity (Wildman–Crippen MR) is 110 cm³/mol. The second-order valence-electron chi connectivity index (χ2n) is 6.03. The van der Waals surface area contributed by atoms with Crippen LogP contribution < -0.4 is 20.7 Å². The van der Waals surface area contributed by atoms with Crippen LogP contribution in [-0.2, 0) is 17.8 Å². The summed E-state index contributed by atoms with van der Waals surface area (Å²) in [6, 6.07) is 15.7. The molecule has 144 valence electrons. The van der Waals surface area contributed by atoms with Crippen molar-refractivity contribution >= 4 is 17.6 Å². The van der Waals surface area contributed by atoms with Gasteiger partial charge in [-0.3, -0.25) is 9.79 Å². The molecule has 27 heavy (non-hydrogen) atoms. The molecule has 2 aromatic rings. The summed E-state index contributed by atoms with van der Waals surface area (Å²) in [4.78, 5) is 15.4. The second kappa shape index (κ2) is 10.9. The Balaban J connectivity index is 1.76. The third-order valence-electron chi connectivity index (χ3n) is 3.99. The average molecular weight is 368 g/mol. The van der Waals surface area contributed by atoms with Crippen molar-refractivity contribution in [2.24, 2.45) is 4.99 Å². The van der Waals surface area contributed by atoms with Crippen molar-refractivity contribution in [3.63, 3.8) is 0 Å². The first-order valence-electron chi connectivity index (χ1n) is 9.14. The summed E-state index contributed by atoms with van der Waals surface area (Å²) < 4.78 is 5.73. The van der Waals surface area contributed by atoms with Crippen molar-refractivity contribution < 1.29 is 9.53 Å². The standard InChI is InChI=1S/C21H28N4O2/c1-4-17-8-5-6-9-18(17)15-24-21(22-3)23-12-13-27-20-11-7-10-19(14-20)25-16(2)26/h5-11,14H,4,12-13,15H2,1-3H3,(H,25,26)(H2,22,23,24). The fourth-order valence-corrected chi connectivity index (χ4v) is 2.68. The Hall–Kier alpha value is -3.02. The van der Waals surface area contributed by atoms with E-state index < -0.39 is 0 Å². The summed E-state index contributed by atoms with van der Waals surface area (Å²) >= 11 is 0. The van der Waals surface area contributed by atoms with Crippen molar-refractivity contribution in [1.82, 2.24) is 10.6 Å². The van der Waals surface area contributed by atoms with E-state index in [1.165, 1.54) is 18.1 Å².